The van der Waals surface area contributed by atoms with Gasteiger partial charge in [0.25, 0.3) is 5.69 Å². The number of anilines is 1. The number of ketones is 1. The summed E-state index contributed by atoms with van der Waals surface area (Å²) in [6, 6.07) is 11.3. The van der Waals surface area contributed by atoms with Crippen molar-refractivity contribution < 1.29 is 18.3 Å². The highest BCUT2D eigenvalue weighted by Crippen LogP contribution is 2.30. The summed E-state index contributed by atoms with van der Waals surface area (Å²) in [7, 11) is 0. The molecule has 0 fully saturated rings. The average molecular weight is 340 g/mol. The molecule has 25 heavy (non-hydrogen) atoms. The van der Waals surface area contributed by atoms with E-state index in [9.17, 15) is 18.8 Å². The van der Waals surface area contributed by atoms with Gasteiger partial charge in [0.05, 0.1) is 5.56 Å². The number of nitrogens with two attached hydrogens (primary N) is 1. The van der Waals surface area contributed by atoms with Crippen LogP contribution in [0.4, 0.5) is 14.5 Å². The molecule has 0 amide bonds. The highest BCUT2D eigenvalue weighted by Gasteiger charge is 2.26. The minimum atomic E-state index is -0.934. The maximum Gasteiger partial charge on any atom is 0.253 e. The SMILES string of the molecule is Cc1cccc(C(=O)c2cc[n+]([O-])c(-c3c(F)cccc3F)c2N)c1. The zero-order valence-electron chi connectivity index (χ0n) is 13.3. The summed E-state index contributed by atoms with van der Waals surface area (Å²) >= 11 is 0. The number of pyridine rings is 1. The molecule has 0 saturated heterocycles. The molecular weight excluding hydrogens is 326 g/mol. The molecule has 2 N–H and O–H groups in total. The number of rotatable bonds is 3. The molecule has 3 aromatic rings. The second-order valence-electron chi connectivity index (χ2n) is 5.61. The number of carbonyl (C=O) groups excluding carboxylic acids is 1. The Hall–Kier alpha value is -3.28. The van der Waals surface area contributed by atoms with Gasteiger partial charge in [-0.05, 0) is 25.1 Å². The molecule has 0 saturated carbocycles. The van der Waals surface area contributed by atoms with E-state index in [1.54, 1.807) is 18.2 Å². The lowest BCUT2D eigenvalue weighted by atomic mass is 9.98. The van der Waals surface area contributed by atoms with Crippen molar-refractivity contribution in [3.05, 3.63) is 88.3 Å². The maximum atomic E-state index is 14.1. The van der Waals surface area contributed by atoms with Crippen molar-refractivity contribution in [1.82, 2.24) is 0 Å². The molecule has 1 heterocycles. The first-order valence-corrected chi connectivity index (χ1v) is 7.47. The average Bonchev–Trinajstić information content (AvgIpc) is 2.57. The summed E-state index contributed by atoms with van der Waals surface area (Å²) in [5, 5.41) is 12.1. The minimum absolute atomic E-state index is 0.00959. The van der Waals surface area contributed by atoms with Crippen LogP contribution in [-0.4, -0.2) is 5.78 Å². The first-order valence-electron chi connectivity index (χ1n) is 7.47. The van der Waals surface area contributed by atoms with Gasteiger partial charge in [0.15, 0.2) is 12.0 Å². The summed E-state index contributed by atoms with van der Waals surface area (Å²) in [6.07, 6.45) is 1.01. The smallest absolute Gasteiger partial charge is 0.253 e. The van der Waals surface area contributed by atoms with Crippen LogP contribution >= 0.6 is 0 Å². The second kappa shape index (κ2) is 6.32. The fourth-order valence-electron chi connectivity index (χ4n) is 2.66. The lowest BCUT2D eigenvalue weighted by Gasteiger charge is -2.12. The normalized spacial score (nSPS) is 10.7. The van der Waals surface area contributed by atoms with Crippen molar-refractivity contribution in [3.8, 4) is 11.3 Å². The molecule has 2 aromatic carbocycles. The number of aromatic nitrogens is 1. The van der Waals surface area contributed by atoms with Gasteiger partial charge in [0.1, 0.15) is 22.9 Å². The summed E-state index contributed by atoms with van der Waals surface area (Å²) < 4.78 is 28.4. The maximum absolute atomic E-state index is 14.1. The molecule has 0 radical (unpaired) electrons. The summed E-state index contributed by atoms with van der Waals surface area (Å²) in [5.74, 6) is -2.30. The van der Waals surface area contributed by atoms with Crippen molar-refractivity contribution >= 4 is 11.5 Å². The number of hydrogen-bond donors (Lipinski definition) is 1. The van der Waals surface area contributed by atoms with Crippen LogP contribution in [0.3, 0.4) is 0 Å². The molecule has 0 aliphatic heterocycles. The lowest BCUT2D eigenvalue weighted by molar-refractivity contribution is -0.593. The summed E-state index contributed by atoms with van der Waals surface area (Å²) in [4.78, 5) is 12.7. The van der Waals surface area contributed by atoms with E-state index in [-0.39, 0.29) is 16.0 Å². The van der Waals surface area contributed by atoms with Crippen LogP contribution in [0.1, 0.15) is 21.5 Å². The molecule has 0 aliphatic rings. The van der Waals surface area contributed by atoms with Crippen molar-refractivity contribution in [2.24, 2.45) is 0 Å². The topological polar surface area (TPSA) is 70.0 Å². The van der Waals surface area contributed by atoms with Crippen molar-refractivity contribution in [2.75, 3.05) is 5.73 Å². The predicted octanol–water partition coefficient (Wildman–Crippen LogP) is 3.39. The van der Waals surface area contributed by atoms with Gasteiger partial charge < -0.3 is 10.9 Å². The van der Waals surface area contributed by atoms with Crippen LogP contribution in [0, 0.1) is 23.8 Å². The van der Waals surface area contributed by atoms with Gasteiger partial charge in [-0.1, -0.05) is 29.8 Å². The number of halogens is 2. The van der Waals surface area contributed by atoms with Crippen molar-refractivity contribution in [3.63, 3.8) is 0 Å². The second-order valence-corrected chi connectivity index (χ2v) is 5.61. The largest absolute Gasteiger partial charge is 0.618 e. The Morgan fingerprint density at radius 1 is 1.08 bits per heavy atom. The van der Waals surface area contributed by atoms with Gasteiger partial charge >= 0.3 is 0 Å². The highest BCUT2D eigenvalue weighted by atomic mass is 19.1. The van der Waals surface area contributed by atoms with E-state index < -0.39 is 28.7 Å². The first kappa shape index (κ1) is 16.6. The monoisotopic (exact) mass is 340 g/mol. The lowest BCUT2D eigenvalue weighted by Crippen LogP contribution is -2.31. The fraction of sp³-hybridized carbons (Fsp3) is 0.0526. The van der Waals surface area contributed by atoms with Crippen LogP contribution in [0.5, 0.6) is 0 Å². The van der Waals surface area contributed by atoms with E-state index in [2.05, 4.69) is 0 Å². The molecule has 3 rings (SSSR count). The molecular formula is C19H14F2N2O2. The van der Waals surface area contributed by atoms with Gasteiger partial charge in [0, 0.05) is 11.6 Å². The van der Waals surface area contributed by atoms with E-state index in [4.69, 9.17) is 5.73 Å². The van der Waals surface area contributed by atoms with Gasteiger partial charge in [-0.15, -0.1) is 0 Å². The molecule has 0 bridgehead atoms. The zero-order valence-corrected chi connectivity index (χ0v) is 13.3. The third kappa shape index (κ3) is 2.94. The van der Waals surface area contributed by atoms with Gasteiger partial charge in [0.2, 0.25) is 0 Å². The number of benzene rings is 2. The van der Waals surface area contributed by atoms with Crippen molar-refractivity contribution in [2.45, 2.75) is 6.92 Å². The van der Waals surface area contributed by atoms with Crippen LogP contribution in [0.2, 0.25) is 0 Å². The van der Waals surface area contributed by atoms with Crippen LogP contribution in [0.15, 0.2) is 54.7 Å². The molecule has 4 nitrogen and oxygen atoms in total. The molecule has 6 heteroatoms. The minimum Gasteiger partial charge on any atom is -0.618 e. The Morgan fingerprint density at radius 3 is 2.36 bits per heavy atom. The Bertz CT molecular complexity index is 967. The Morgan fingerprint density at radius 2 is 1.72 bits per heavy atom. The van der Waals surface area contributed by atoms with E-state index in [1.165, 1.54) is 12.1 Å². The number of nitrogen functional groups attached to an aromatic ring is 1. The third-order valence-electron chi connectivity index (χ3n) is 3.87. The van der Waals surface area contributed by atoms with E-state index in [1.807, 2.05) is 13.0 Å². The molecule has 0 spiro atoms. The summed E-state index contributed by atoms with van der Waals surface area (Å²) in [6.45, 7) is 1.83. The molecule has 126 valence electrons. The molecule has 0 aliphatic carbocycles. The zero-order chi connectivity index (χ0) is 18.1. The predicted molar refractivity (Wildman–Crippen MR) is 89.8 cm³/mol. The Kier molecular flexibility index (Phi) is 4.19. The molecule has 1 aromatic heterocycles. The number of nitrogens with zero attached hydrogens (tertiary/aromatic N) is 1. The molecule has 0 atom stereocenters. The summed E-state index contributed by atoms with van der Waals surface area (Å²) in [5.41, 5.74) is 5.96. The number of carbonyl (C=O) groups is 1. The quantitative estimate of drug-likeness (QED) is 0.451. The number of aryl methyl sites for hydroxylation is 1. The first-order chi connectivity index (χ1) is 11.9. The van der Waals surface area contributed by atoms with E-state index in [0.717, 1.165) is 23.9 Å². The third-order valence-corrected chi connectivity index (χ3v) is 3.87. The van der Waals surface area contributed by atoms with Gasteiger partial charge in [-0.3, -0.25) is 4.79 Å². The van der Waals surface area contributed by atoms with Crippen LogP contribution in [0.25, 0.3) is 11.3 Å². The highest BCUT2D eigenvalue weighted by molar-refractivity contribution is 6.13. The number of hydrogen-bond acceptors (Lipinski definition) is 3. The Labute approximate surface area is 142 Å². The standard InChI is InChI=1S/C19H14F2N2O2/c1-11-4-2-5-12(10-11)19(24)13-8-9-23(25)18(17(13)22)16-14(20)6-3-7-15(16)21/h2-10H,22H2,1H3. The fourth-order valence-corrected chi connectivity index (χ4v) is 2.66. The molecule has 0 unspecified atom stereocenters. The van der Waals surface area contributed by atoms with E-state index in [0.29, 0.717) is 5.56 Å². The van der Waals surface area contributed by atoms with E-state index >= 15 is 0 Å². The van der Waals surface area contributed by atoms with Crippen LogP contribution < -0.4 is 10.5 Å². The van der Waals surface area contributed by atoms with Crippen LogP contribution in [-0.2, 0) is 0 Å². The van der Waals surface area contributed by atoms with Crippen molar-refractivity contribution in [1.29, 1.82) is 0 Å². The Balaban J connectivity index is 2.21. The van der Waals surface area contributed by atoms with Gasteiger partial charge in [-0.2, -0.15) is 4.73 Å². The van der Waals surface area contributed by atoms with Gasteiger partial charge in [-0.25, -0.2) is 8.78 Å².